The van der Waals surface area contributed by atoms with Gasteiger partial charge < -0.3 is 10.4 Å². The summed E-state index contributed by atoms with van der Waals surface area (Å²) in [7, 11) is 0. The molecular weight excluding hydrogens is 332 g/mol. The first kappa shape index (κ1) is 16.2. The second-order valence-electron chi connectivity index (χ2n) is 5.43. The highest BCUT2D eigenvalue weighted by atomic mass is 35.5. The van der Waals surface area contributed by atoms with Crippen molar-refractivity contribution in [1.82, 2.24) is 14.6 Å². The zero-order valence-electron chi connectivity index (χ0n) is 12.9. The average molecular weight is 351 g/mol. The summed E-state index contributed by atoms with van der Waals surface area (Å²) in [6.07, 6.45) is 3.77. The molecule has 3 rings (SSSR count). The summed E-state index contributed by atoms with van der Waals surface area (Å²) in [4.78, 5) is 5.47. The molecule has 0 saturated heterocycles. The molecule has 23 heavy (non-hydrogen) atoms. The van der Waals surface area contributed by atoms with E-state index < -0.39 is 0 Å². The van der Waals surface area contributed by atoms with Gasteiger partial charge in [-0.3, -0.25) is 0 Å². The molecule has 0 spiro atoms. The lowest BCUT2D eigenvalue weighted by atomic mass is 10.0. The highest BCUT2D eigenvalue weighted by Gasteiger charge is 2.11. The van der Waals surface area contributed by atoms with Gasteiger partial charge >= 0.3 is 0 Å². The maximum atomic E-state index is 9.04. The topological polar surface area (TPSA) is 62.5 Å². The van der Waals surface area contributed by atoms with Crippen molar-refractivity contribution in [2.45, 2.75) is 19.8 Å². The number of anilines is 1. The van der Waals surface area contributed by atoms with Gasteiger partial charge in [-0.2, -0.15) is 0 Å². The maximum Gasteiger partial charge on any atom is 0.214 e. The van der Waals surface area contributed by atoms with Gasteiger partial charge in [0.15, 0.2) is 0 Å². The monoisotopic (exact) mass is 350 g/mol. The number of imidazole rings is 1. The Hall–Kier alpha value is -1.63. The minimum atomic E-state index is 0.228. The molecule has 0 aliphatic rings. The van der Waals surface area contributed by atoms with Gasteiger partial charge in [0, 0.05) is 23.7 Å². The molecule has 2 N–H and O–H groups in total. The Morgan fingerprint density at radius 2 is 2.13 bits per heavy atom. The third kappa shape index (κ3) is 3.83. The summed E-state index contributed by atoms with van der Waals surface area (Å²) >= 11 is 7.44. The van der Waals surface area contributed by atoms with Crippen LogP contribution < -0.4 is 5.32 Å². The molecule has 7 heteroatoms. The molecule has 0 aliphatic heterocycles. The highest BCUT2D eigenvalue weighted by Crippen LogP contribution is 2.25. The summed E-state index contributed by atoms with van der Waals surface area (Å²) in [6.45, 7) is 3.18. The molecule has 1 atom stereocenters. The Morgan fingerprint density at radius 3 is 2.78 bits per heavy atom. The van der Waals surface area contributed by atoms with E-state index >= 15 is 0 Å². The van der Waals surface area contributed by atoms with E-state index in [1.54, 1.807) is 4.52 Å². The largest absolute Gasteiger partial charge is 0.396 e. The number of benzene rings is 1. The number of aliphatic hydroxyl groups is 1. The van der Waals surface area contributed by atoms with E-state index in [0.29, 0.717) is 10.9 Å². The summed E-state index contributed by atoms with van der Waals surface area (Å²) in [6, 6.07) is 7.62. The van der Waals surface area contributed by atoms with E-state index in [4.69, 9.17) is 16.7 Å². The summed E-state index contributed by atoms with van der Waals surface area (Å²) < 4.78 is 1.80. The molecule has 2 aromatic heterocycles. The van der Waals surface area contributed by atoms with Gasteiger partial charge in [0.1, 0.15) is 0 Å². The second-order valence-corrected chi connectivity index (χ2v) is 6.83. The maximum absolute atomic E-state index is 9.04. The van der Waals surface area contributed by atoms with Gasteiger partial charge in [-0.15, -0.1) is 5.10 Å². The van der Waals surface area contributed by atoms with Crippen LogP contribution in [-0.2, 0) is 0 Å². The Morgan fingerprint density at radius 1 is 1.35 bits per heavy atom. The number of rotatable bonds is 7. The zero-order valence-corrected chi connectivity index (χ0v) is 14.4. The minimum absolute atomic E-state index is 0.228. The molecule has 0 radical (unpaired) electrons. The lowest BCUT2D eigenvalue weighted by Gasteiger charge is -2.12. The fraction of sp³-hybridized carbons (Fsp3) is 0.375. The van der Waals surface area contributed by atoms with Gasteiger partial charge in [0.2, 0.25) is 10.1 Å². The van der Waals surface area contributed by atoms with Crippen molar-refractivity contribution in [3.8, 4) is 11.3 Å². The molecule has 0 fully saturated rings. The van der Waals surface area contributed by atoms with Crippen LogP contribution in [-0.4, -0.2) is 32.9 Å². The van der Waals surface area contributed by atoms with E-state index in [-0.39, 0.29) is 6.61 Å². The highest BCUT2D eigenvalue weighted by molar-refractivity contribution is 7.20. The predicted molar refractivity (Wildman–Crippen MR) is 95.3 cm³/mol. The molecule has 2 heterocycles. The fourth-order valence-electron chi connectivity index (χ4n) is 2.40. The second kappa shape index (κ2) is 7.29. The lowest BCUT2D eigenvalue weighted by molar-refractivity contribution is 0.258. The van der Waals surface area contributed by atoms with Crippen molar-refractivity contribution >= 4 is 33.0 Å². The summed E-state index contributed by atoms with van der Waals surface area (Å²) in [5.41, 5.74) is 1.91. The minimum Gasteiger partial charge on any atom is -0.396 e. The third-order valence-corrected chi connectivity index (χ3v) is 4.97. The van der Waals surface area contributed by atoms with E-state index in [1.807, 2.05) is 30.5 Å². The van der Waals surface area contributed by atoms with E-state index in [2.05, 4.69) is 22.3 Å². The van der Waals surface area contributed by atoms with Gasteiger partial charge in [-0.05, 0) is 24.5 Å². The third-order valence-electron chi connectivity index (χ3n) is 3.84. The van der Waals surface area contributed by atoms with Crippen LogP contribution in [0.25, 0.3) is 16.2 Å². The number of hydrogen-bond acceptors (Lipinski definition) is 5. The van der Waals surface area contributed by atoms with E-state index in [1.165, 1.54) is 11.3 Å². The Balaban J connectivity index is 1.71. The number of aromatic nitrogens is 3. The number of nitrogens with one attached hydrogen (secondary N) is 1. The van der Waals surface area contributed by atoms with Crippen LogP contribution >= 0.6 is 22.9 Å². The molecule has 3 aromatic rings. The SMILES string of the molecule is CCC(CCO)CNc1nn2cc(-c3ccc(Cl)cc3)nc2s1. The Bertz CT molecular complexity index is 737. The van der Waals surface area contributed by atoms with Gasteiger partial charge in [-0.25, -0.2) is 9.50 Å². The quantitative estimate of drug-likeness (QED) is 0.677. The smallest absolute Gasteiger partial charge is 0.214 e. The zero-order chi connectivity index (χ0) is 16.2. The van der Waals surface area contributed by atoms with Crippen LogP contribution in [0.4, 0.5) is 5.13 Å². The first-order chi connectivity index (χ1) is 11.2. The van der Waals surface area contributed by atoms with Crippen LogP contribution in [0.1, 0.15) is 19.8 Å². The molecule has 0 saturated carbocycles. The molecule has 5 nitrogen and oxygen atoms in total. The molecular formula is C16H19ClN4OS. The van der Waals surface area contributed by atoms with Gasteiger partial charge in [0.05, 0.1) is 11.9 Å². The summed E-state index contributed by atoms with van der Waals surface area (Å²) in [5, 5.41) is 18.5. The number of halogens is 1. The van der Waals surface area contributed by atoms with Crippen molar-refractivity contribution in [1.29, 1.82) is 0 Å². The Labute approximate surface area is 143 Å². The van der Waals surface area contributed by atoms with Gasteiger partial charge in [0.25, 0.3) is 0 Å². The normalized spacial score (nSPS) is 12.7. The predicted octanol–water partition coefficient (Wildman–Crippen LogP) is 3.93. The fourth-order valence-corrected chi connectivity index (χ4v) is 3.31. The first-order valence-corrected chi connectivity index (χ1v) is 8.86. The molecule has 122 valence electrons. The van der Waals surface area contributed by atoms with E-state index in [0.717, 1.165) is 40.7 Å². The van der Waals surface area contributed by atoms with Crippen LogP contribution in [0.2, 0.25) is 5.02 Å². The number of hydrogen-bond donors (Lipinski definition) is 2. The lowest BCUT2D eigenvalue weighted by Crippen LogP contribution is -2.14. The van der Waals surface area contributed by atoms with Crippen molar-refractivity contribution in [3.05, 3.63) is 35.5 Å². The summed E-state index contributed by atoms with van der Waals surface area (Å²) in [5.74, 6) is 0.459. The number of aliphatic hydroxyl groups excluding tert-OH is 1. The van der Waals surface area contributed by atoms with Crippen LogP contribution in [0.5, 0.6) is 0 Å². The van der Waals surface area contributed by atoms with Crippen LogP contribution in [0, 0.1) is 5.92 Å². The van der Waals surface area contributed by atoms with Gasteiger partial charge in [-0.1, -0.05) is 48.4 Å². The van der Waals surface area contributed by atoms with Crippen molar-refractivity contribution in [2.24, 2.45) is 5.92 Å². The standard InChI is InChI=1S/C16H19ClN4OS/c1-2-11(7-8-22)9-18-15-20-21-10-14(19-16(21)23-15)12-3-5-13(17)6-4-12/h3-6,10-11,22H,2,7-9H2,1H3,(H,18,20). The van der Waals surface area contributed by atoms with Crippen LogP contribution in [0.3, 0.4) is 0 Å². The molecule has 1 unspecified atom stereocenters. The molecule has 0 bridgehead atoms. The molecule has 0 aliphatic carbocycles. The molecule has 0 amide bonds. The Kier molecular flexibility index (Phi) is 5.15. The first-order valence-electron chi connectivity index (χ1n) is 7.66. The number of nitrogens with zero attached hydrogens (tertiary/aromatic N) is 3. The van der Waals surface area contributed by atoms with Crippen molar-refractivity contribution in [2.75, 3.05) is 18.5 Å². The van der Waals surface area contributed by atoms with Crippen molar-refractivity contribution in [3.63, 3.8) is 0 Å². The average Bonchev–Trinajstić information content (AvgIpc) is 3.10. The van der Waals surface area contributed by atoms with Crippen molar-refractivity contribution < 1.29 is 5.11 Å². The van der Waals surface area contributed by atoms with Crippen LogP contribution in [0.15, 0.2) is 30.5 Å². The number of fused-ring (bicyclic) bond motifs is 1. The molecule has 1 aromatic carbocycles. The van der Waals surface area contributed by atoms with E-state index in [9.17, 15) is 0 Å².